The van der Waals surface area contributed by atoms with Crippen LogP contribution in [0.3, 0.4) is 0 Å². The average Bonchev–Trinajstić information content (AvgIpc) is 3.73. The lowest BCUT2D eigenvalue weighted by molar-refractivity contribution is -0.925. The lowest BCUT2D eigenvalue weighted by Gasteiger charge is -2.59. The topological polar surface area (TPSA) is 72.8 Å². The van der Waals surface area contributed by atoms with Crippen LogP contribution in [0.4, 0.5) is 5.69 Å². The van der Waals surface area contributed by atoms with Crippen molar-refractivity contribution in [1.29, 1.82) is 0 Å². The smallest absolute Gasteiger partial charge is 0.235 e. The van der Waals surface area contributed by atoms with Gasteiger partial charge in [-0.15, -0.1) is 0 Å². The van der Waals surface area contributed by atoms with Gasteiger partial charge in [-0.1, -0.05) is 37.3 Å². The number of aryl methyl sites for hydroxylation is 1. The fourth-order valence-electron chi connectivity index (χ4n) is 11.3. The molecule has 2 aromatic carbocycles. The second-order valence-electron chi connectivity index (χ2n) is 14.9. The maximum absolute atomic E-state index is 12.8. The van der Waals surface area contributed by atoms with Gasteiger partial charge in [0.2, 0.25) is 5.52 Å². The molecule has 47 heavy (non-hydrogen) atoms. The first-order valence-electron chi connectivity index (χ1n) is 17.3. The molecule has 10 rings (SSSR count). The predicted octanol–water partition coefficient (Wildman–Crippen LogP) is 5.26. The number of fused-ring (bicyclic) bond motifs is 9. The number of ether oxygens (including phenoxy) is 1. The number of nitrogens with one attached hydrogen (secondary N) is 1. The molecular formula is C40H42N4O3+2. The highest BCUT2D eigenvalue weighted by Gasteiger charge is 2.73. The number of H-pyrrole nitrogens is 1. The van der Waals surface area contributed by atoms with E-state index in [1.807, 2.05) is 12.1 Å². The molecule has 3 N–H and O–H groups in total. The van der Waals surface area contributed by atoms with Crippen LogP contribution >= 0.6 is 0 Å². The van der Waals surface area contributed by atoms with E-state index in [1.54, 1.807) is 7.11 Å². The van der Waals surface area contributed by atoms with E-state index in [-0.39, 0.29) is 29.9 Å². The van der Waals surface area contributed by atoms with Crippen LogP contribution in [0.15, 0.2) is 84.8 Å². The average molecular weight is 627 g/mol. The third-order valence-electron chi connectivity index (χ3n) is 13.1. The maximum atomic E-state index is 12.8. The van der Waals surface area contributed by atoms with Crippen molar-refractivity contribution < 1.29 is 23.8 Å². The van der Waals surface area contributed by atoms with Crippen LogP contribution in [0.5, 0.6) is 5.75 Å². The molecule has 5 aliphatic rings. The van der Waals surface area contributed by atoms with Crippen molar-refractivity contribution in [1.82, 2.24) is 4.98 Å². The van der Waals surface area contributed by atoms with Crippen LogP contribution in [0.2, 0.25) is 0 Å². The predicted molar refractivity (Wildman–Crippen MR) is 184 cm³/mol. The van der Waals surface area contributed by atoms with Crippen molar-refractivity contribution in [2.75, 3.05) is 38.8 Å². The molecule has 7 atom stereocenters. The van der Waals surface area contributed by atoms with Crippen LogP contribution < -0.4 is 14.0 Å². The quantitative estimate of drug-likeness (QED) is 0.145. The molecule has 2 saturated heterocycles. The van der Waals surface area contributed by atoms with Crippen LogP contribution in [-0.2, 0) is 11.8 Å². The number of piperidine rings is 1. The summed E-state index contributed by atoms with van der Waals surface area (Å²) in [4.78, 5) is 6.28. The van der Waals surface area contributed by atoms with E-state index in [2.05, 4.69) is 95.4 Å². The minimum Gasteiger partial charge on any atom is -0.496 e. The van der Waals surface area contributed by atoms with Crippen LogP contribution in [-0.4, -0.2) is 71.7 Å². The number of aromatic nitrogens is 2. The molecule has 3 aromatic heterocycles. The largest absolute Gasteiger partial charge is 0.496 e. The van der Waals surface area contributed by atoms with Gasteiger partial charge in [-0.2, -0.15) is 4.40 Å². The number of likely N-dealkylation sites (N-methyl/N-ethyl adjacent to an activating group) is 1. The number of aliphatic hydroxyl groups is 2. The Balaban J connectivity index is 1.23. The molecule has 238 valence electrons. The molecule has 1 saturated carbocycles. The van der Waals surface area contributed by atoms with Crippen molar-refractivity contribution in [2.45, 2.75) is 49.8 Å². The summed E-state index contributed by atoms with van der Waals surface area (Å²) in [7, 11) is 4.17. The number of quaternary nitrogens is 1. The molecular weight excluding hydrogens is 584 g/mol. The second-order valence-corrected chi connectivity index (χ2v) is 14.9. The second kappa shape index (κ2) is 9.47. The summed E-state index contributed by atoms with van der Waals surface area (Å²) < 4.78 is 9.03. The third kappa shape index (κ3) is 3.35. The Morgan fingerprint density at radius 1 is 1.17 bits per heavy atom. The number of hydrogen-bond donors (Lipinski definition) is 3. The number of aliphatic hydroxyl groups excluding tert-OH is 2. The zero-order valence-corrected chi connectivity index (χ0v) is 27.3. The van der Waals surface area contributed by atoms with Crippen molar-refractivity contribution in [3.63, 3.8) is 0 Å². The number of pyridine rings is 2. The van der Waals surface area contributed by atoms with Crippen LogP contribution in [0.1, 0.15) is 36.5 Å². The minimum atomic E-state index is -0.623. The molecule has 5 aromatic rings. The Morgan fingerprint density at radius 3 is 2.87 bits per heavy atom. The van der Waals surface area contributed by atoms with E-state index in [9.17, 15) is 10.2 Å². The Bertz CT molecular complexity index is 2220. The Kier molecular flexibility index (Phi) is 5.62. The number of benzene rings is 2. The van der Waals surface area contributed by atoms with Gasteiger partial charge in [0.1, 0.15) is 23.9 Å². The lowest BCUT2D eigenvalue weighted by Crippen LogP contribution is -2.70. The first-order valence-corrected chi connectivity index (χ1v) is 17.3. The molecule has 4 aliphatic heterocycles. The van der Waals surface area contributed by atoms with Crippen LogP contribution in [0.25, 0.3) is 32.9 Å². The molecule has 7 unspecified atom stereocenters. The molecule has 3 fully saturated rings. The van der Waals surface area contributed by atoms with Gasteiger partial charge >= 0.3 is 0 Å². The van der Waals surface area contributed by atoms with Gasteiger partial charge in [-0.25, -0.2) is 0 Å². The maximum Gasteiger partial charge on any atom is 0.235 e. The van der Waals surface area contributed by atoms with Crippen molar-refractivity contribution in [3.05, 3.63) is 102 Å². The summed E-state index contributed by atoms with van der Waals surface area (Å²) in [5.41, 5.74) is 10.7. The number of para-hydroxylation sites is 1. The first kappa shape index (κ1) is 27.9. The SMILES string of the molecule is CCc1c[n+]2ccc3c([nH]c4cccc(OC)c43)c2cc1C1=CN2c3ccccc3C34CC[N+]5(C)CC(=CCO)C(CC35)C(C1O)C24. The molecule has 2 bridgehead atoms. The highest BCUT2D eigenvalue weighted by atomic mass is 16.5. The van der Waals surface area contributed by atoms with Gasteiger partial charge in [0.05, 0.1) is 50.4 Å². The highest BCUT2D eigenvalue weighted by molar-refractivity contribution is 6.13. The first-order chi connectivity index (χ1) is 22.9. The normalized spacial score (nSPS) is 32.7. The molecule has 7 heterocycles. The molecule has 1 aliphatic carbocycles. The minimum absolute atomic E-state index is 0.0165. The Morgan fingerprint density at radius 2 is 2.04 bits per heavy atom. The van der Waals surface area contributed by atoms with Gasteiger partial charge < -0.3 is 29.3 Å². The van der Waals surface area contributed by atoms with Gasteiger partial charge in [-0.3, -0.25) is 0 Å². The third-order valence-corrected chi connectivity index (χ3v) is 13.1. The number of aromatic amines is 1. The fraction of sp³-hybridized carbons (Fsp3) is 0.375. The molecule has 7 heteroatoms. The lowest BCUT2D eigenvalue weighted by atomic mass is 9.53. The Labute approximate surface area is 274 Å². The summed E-state index contributed by atoms with van der Waals surface area (Å²) in [5, 5.41) is 25.2. The standard InChI is InChI=1S/C40H41N4O3/c1-4-23-20-42-15-12-25-35-30(9-7-11-33(35)47-3)41-37(25)32(42)18-26(23)28-21-43-31-10-6-5-8-29(31)40-14-16-44(2)22-24(13-17-45)27(19-34(40)44)36(38(28)46)39(40)43/h5-13,15,18,20-21,27,34,36,38-39,45-46H,4,14,16-17,19,22H2,1-3H3/q+1/p+1. The number of rotatable bonds is 4. The van der Waals surface area contributed by atoms with E-state index < -0.39 is 6.10 Å². The van der Waals surface area contributed by atoms with Gasteiger partial charge in [0.15, 0.2) is 12.4 Å². The molecule has 7 nitrogen and oxygen atoms in total. The number of anilines is 1. The number of nitrogens with zero attached hydrogens (tertiary/aromatic N) is 3. The van der Waals surface area contributed by atoms with Crippen molar-refractivity contribution in [2.24, 2.45) is 11.8 Å². The summed E-state index contributed by atoms with van der Waals surface area (Å²) >= 11 is 0. The van der Waals surface area contributed by atoms with Gasteiger partial charge in [-0.05, 0) is 47.2 Å². The van der Waals surface area contributed by atoms with Gasteiger partial charge in [0, 0.05) is 64.7 Å². The number of hydrogen-bond acceptors (Lipinski definition) is 4. The summed E-state index contributed by atoms with van der Waals surface area (Å²) in [6.07, 6.45) is 11.2. The zero-order valence-electron chi connectivity index (χ0n) is 27.3. The van der Waals surface area contributed by atoms with E-state index in [0.717, 1.165) is 81.0 Å². The summed E-state index contributed by atoms with van der Waals surface area (Å²) in [6, 6.07) is 20.4. The number of methoxy groups -OCH3 is 1. The molecule has 1 spiro atoms. The van der Waals surface area contributed by atoms with Gasteiger partial charge in [0.25, 0.3) is 0 Å². The monoisotopic (exact) mass is 626 g/mol. The van der Waals surface area contributed by atoms with E-state index in [4.69, 9.17) is 4.74 Å². The fourth-order valence-corrected chi connectivity index (χ4v) is 11.3. The van der Waals surface area contributed by atoms with Crippen LogP contribution in [0, 0.1) is 11.8 Å². The molecule has 0 radical (unpaired) electrons. The van der Waals surface area contributed by atoms with E-state index >= 15 is 0 Å². The van der Waals surface area contributed by atoms with E-state index in [1.165, 1.54) is 22.4 Å². The summed E-state index contributed by atoms with van der Waals surface area (Å²) in [6.45, 7) is 4.35. The summed E-state index contributed by atoms with van der Waals surface area (Å²) in [5.74, 6) is 1.13. The molecule has 0 amide bonds. The zero-order chi connectivity index (χ0) is 31.8. The van der Waals surface area contributed by atoms with Crippen molar-refractivity contribution >= 4 is 38.6 Å². The Hall–Kier alpha value is -4.17. The van der Waals surface area contributed by atoms with Crippen molar-refractivity contribution in [3.8, 4) is 5.75 Å². The highest BCUT2D eigenvalue weighted by Crippen LogP contribution is 2.67. The van der Waals surface area contributed by atoms with E-state index in [0.29, 0.717) is 6.04 Å².